The molecule has 1 aliphatic heterocycles. The van der Waals surface area contributed by atoms with Crippen LogP contribution in [0.15, 0.2) is 40.6 Å². The molecule has 13 heteroatoms. The van der Waals surface area contributed by atoms with Crippen molar-refractivity contribution in [3.63, 3.8) is 0 Å². The molecule has 1 saturated heterocycles. The Morgan fingerprint density at radius 3 is 2.57 bits per heavy atom. The lowest BCUT2D eigenvalue weighted by molar-refractivity contribution is -0.140. The summed E-state index contributed by atoms with van der Waals surface area (Å²) >= 11 is 12.0. The van der Waals surface area contributed by atoms with Crippen molar-refractivity contribution < 1.29 is 22.4 Å². The highest BCUT2D eigenvalue weighted by atomic mass is 35.5. The fraction of sp³-hybridized carbons (Fsp3) is 0.458. The standard InChI is InChI=1S/C24H24Cl2FN5O4S/c1-28-13-23(4-5-23)31-20(33)18-10-15(37(35,36)21-16(26)3-2-8-29-21)12-32(18)22(34)24(6-7-24)19-17(27)9-14(25)11-30-19/h2-3,8-9,11,15,18H,1,4-7,10,12-13H2,(H,31,33). The minimum Gasteiger partial charge on any atom is -0.347 e. The molecule has 2 atom stereocenters. The second-order valence-electron chi connectivity index (χ2n) is 9.88. The highest BCUT2D eigenvalue weighted by Gasteiger charge is 2.60. The summed E-state index contributed by atoms with van der Waals surface area (Å²) in [5.41, 5.74) is -1.89. The van der Waals surface area contributed by atoms with Crippen molar-refractivity contribution in [2.75, 3.05) is 13.1 Å². The van der Waals surface area contributed by atoms with E-state index in [0.717, 1.165) is 6.07 Å². The van der Waals surface area contributed by atoms with E-state index < -0.39 is 49.7 Å². The lowest BCUT2D eigenvalue weighted by atomic mass is 9.98. The van der Waals surface area contributed by atoms with Crippen molar-refractivity contribution in [2.24, 2.45) is 4.99 Å². The van der Waals surface area contributed by atoms with Crippen molar-refractivity contribution in [1.29, 1.82) is 0 Å². The lowest BCUT2D eigenvalue weighted by Gasteiger charge is -2.29. The molecule has 3 fully saturated rings. The number of carbonyl (C=O) groups is 2. The average molecular weight is 568 g/mol. The Labute approximate surface area is 223 Å². The predicted molar refractivity (Wildman–Crippen MR) is 135 cm³/mol. The summed E-state index contributed by atoms with van der Waals surface area (Å²) in [6.45, 7) is 3.54. The third-order valence-electron chi connectivity index (χ3n) is 7.34. The number of aromatic nitrogens is 2. The number of nitrogens with zero attached hydrogens (tertiary/aromatic N) is 4. The summed E-state index contributed by atoms with van der Waals surface area (Å²) in [7, 11) is -4.10. The van der Waals surface area contributed by atoms with Crippen LogP contribution in [0.5, 0.6) is 0 Å². The van der Waals surface area contributed by atoms with E-state index in [1.54, 1.807) is 0 Å². The van der Waals surface area contributed by atoms with Gasteiger partial charge in [-0.2, -0.15) is 0 Å². The molecule has 5 rings (SSSR count). The molecule has 2 unspecified atom stereocenters. The fourth-order valence-electron chi connectivity index (χ4n) is 4.98. The third-order valence-corrected chi connectivity index (χ3v) is 10.0. The smallest absolute Gasteiger partial charge is 0.243 e. The number of hydrogen-bond donors (Lipinski definition) is 1. The Bertz CT molecular complexity index is 1400. The summed E-state index contributed by atoms with van der Waals surface area (Å²) in [5, 5.41) is 1.54. The van der Waals surface area contributed by atoms with Crippen molar-refractivity contribution in [2.45, 2.75) is 59.4 Å². The van der Waals surface area contributed by atoms with Crippen LogP contribution in [0.3, 0.4) is 0 Å². The molecule has 3 heterocycles. The monoisotopic (exact) mass is 567 g/mol. The summed E-state index contributed by atoms with van der Waals surface area (Å²) < 4.78 is 41.8. The zero-order valence-corrected chi connectivity index (χ0v) is 22.0. The summed E-state index contributed by atoms with van der Waals surface area (Å²) in [5.74, 6) is -1.76. The van der Waals surface area contributed by atoms with Gasteiger partial charge >= 0.3 is 0 Å². The van der Waals surface area contributed by atoms with E-state index in [1.807, 2.05) is 0 Å². The molecule has 2 aliphatic carbocycles. The second-order valence-corrected chi connectivity index (χ2v) is 12.9. The fourth-order valence-corrected chi connectivity index (χ4v) is 7.23. The van der Waals surface area contributed by atoms with Crippen LogP contribution in [-0.2, 0) is 24.8 Å². The van der Waals surface area contributed by atoms with E-state index in [9.17, 15) is 22.4 Å². The molecule has 0 radical (unpaired) electrons. The molecule has 37 heavy (non-hydrogen) atoms. The number of sulfone groups is 1. The summed E-state index contributed by atoms with van der Waals surface area (Å²) in [6.07, 6.45) is 4.45. The van der Waals surface area contributed by atoms with Crippen LogP contribution in [0.1, 0.15) is 37.8 Å². The van der Waals surface area contributed by atoms with E-state index in [0.29, 0.717) is 32.2 Å². The Morgan fingerprint density at radius 1 is 1.24 bits per heavy atom. The highest BCUT2D eigenvalue weighted by Crippen LogP contribution is 2.51. The maximum absolute atomic E-state index is 14.8. The van der Waals surface area contributed by atoms with E-state index in [1.165, 1.54) is 29.4 Å². The van der Waals surface area contributed by atoms with Crippen molar-refractivity contribution >= 4 is 51.6 Å². The van der Waals surface area contributed by atoms with Gasteiger partial charge in [-0.3, -0.25) is 19.6 Å². The molecule has 2 saturated carbocycles. The van der Waals surface area contributed by atoms with Gasteiger partial charge in [-0.05, 0) is 57.0 Å². The Balaban J connectivity index is 1.49. The van der Waals surface area contributed by atoms with E-state index in [4.69, 9.17) is 23.2 Å². The van der Waals surface area contributed by atoms with Crippen LogP contribution in [0.2, 0.25) is 10.0 Å². The summed E-state index contributed by atoms with van der Waals surface area (Å²) in [6, 6.07) is 2.91. The average Bonchev–Trinajstić information content (AvgIpc) is 3.76. The van der Waals surface area contributed by atoms with Crippen LogP contribution in [0, 0.1) is 5.82 Å². The highest BCUT2D eigenvalue weighted by molar-refractivity contribution is 7.92. The van der Waals surface area contributed by atoms with Gasteiger partial charge in [0.2, 0.25) is 21.7 Å². The van der Waals surface area contributed by atoms with Crippen LogP contribution in [0.4, 0.5) is 4.39 Å². The van der Waals surface area contributed by atoms with Gasteiger partial charge in [-0.1, -0.05) is 23.2 Å². The topological polar surface area (TPSA) is 122 Å². The SMILES string of the molecule is C=NCC1(NC(=O)C2CC(S(=O)(=O)c3ncccc3Cl)CN2C(=O)C2(c3ncc(Cl)cc3F)CC2)CC1. The molecule has 196 valence electrons. The first-order valence-electron chi connectivity index (χ1n) is 11.7. The van der Waals surface area contributed by atoms with Crippen LogP contribution in [0.25, 0.3) is 0 Å². The van der Waals surface area contributed by atoms with Crippen LogP contribution in [-0.4, -0.2) is 71.7 Å². The number of carbonyl (C=O) groups excluding carboxylic acids is 2. The largest absolute Gasteiger partial charge is 0.347 e. The molecule has 2 aromatic heterocycles. The second kappa shape index (κ2) is 9.28. The molecule has 1 N–H and O–H groups in total. The number of nitrogens with one attached hydrogen (secondary N) is 1. The lowest BCUT2D eigenvalue weighted by Crippen LogP contribution is -2.52. The quantitative estimate of drug-likeness (QED) is 0.489. The number of rotatable bonds is 8. The predicted octanol–water partition coefficient (Wildman–Crippen LogP) is 2.75. The molecular formula is C24H24Cl2FN5O4S. The maximum Gasteiger partial charge on any atom is 0.243 e. The first-order valence-corrected chi connectivity index (χ1v) is 14.0. The molecule has 2 aromatic rings. The van der Waals surface area contributed by atoms with E-state index in [-0.39, 0.29) is 33.7 Å². The number of halogens is 3. The van der Waals surface area contributed by atoms with Gasteiger partial charge in [0.1, 0.15) is 11.9 Å². The Morgan fingerprint density at radius 2 is 1.97 bits per heavy atom. The van der Waals surface area contributed by atoms with E-state index in [2.05, 4.69) is 27.0 Å². The van der Waals surface area contributed by atoms with Gasteiger partial charge < -0.3 is 10.2 Å². The minimum absolute atomic E-state index is 0.0478. The van der Waals surface area contributed by atoms with Gasteiger partial charge in [-0.15, -0.1) is 0 Å². The van der Waals surface area contributed by atoms with Gasteiger partial charge in [0.15, 0.2) is 5.03 Å². The molecule has 0 bridgehead atoms. The van der Waals surface area contributed by atoms with Crippen molar-refractivity contribution in [3.8, 4) is 0 Å². The minimum atomic E-state index is -4.10. The molecule has 0 aromatic carbocycles. The zero-order valence-electron chi connectivity index (χ0n) is 19.7. The Kier molecular flexibility index (Phi) is 6.52. The number of hydrogen-bond acceptors (Lipinski definition) is 7. The normalized spacial score (nSPS) is 23.4. The molecule has 9 nitrogen and oxygen atoms in total. The molecule has 2 amide bonds. The van der Waals surface area contributed by atoms with Gasteiger partial charge in [0, 0.05) is 18.9 Å². The maximum atomic E-state index is 14.8. The number of amides is 2. The molecular weight excluding hydrogens is 544 g/mol. The summed E-state index contributed by atoms with van der Waals surface area (Å²) in [4.78, 5) is 40.5. The molecule has 3 aliphatic rings. The zero-order chi connectivity index (χ0) is 26.6. The Hall–Kier alpha value is -2.63. The van der Waals surface area contributed by atoms with Crippen molar-refractivity contribution in [3.05, 3.63) is 52.1 Å². The first kappa shape index (κ1) is 26.0. The van der Waals surface area contributed by atoms with Crippen LogP contribution < -0.4 is 5.32 Å². The van der Waals surface area contributed by atoms with Gasteiger partial charge in [0.25, 0.3) is 0 Å². The van der Waals surface area contributed by atoms with Gasteiger partial charge in [-0.25, -0.2) is 17.8 Å². The van der Waals surface area contributed by atoms with Crippen molar-refractivity contribution in [1.82, 2.24) is 20.2 Å². The number of pyridine rings is 2. The first-order chi connectivity index (χ1) is 17.5. The van der Waals surface area contributed by atoms with Crippen LogP contribution >= 0.6 is 23.2 Å². The van der Waals surface area contributed by atoms with Gasteiger partial charge in [0.05, 0.1) is 38.5 Å². The number of likely N-dealkylation sites (tertiary alicyclic amines) is 1. The van der Waals surface area contributed by atoms with E-state index >= 15 is 0 Å². The molecule has 0 spiro atoms. The third kappa shape index (κ3) is 4.61. The number of aliphatic imine (C=N–C) groups is 1.